The summed E-state index contributed by atoms with van der Waals surface area (Å²) in [5, 5.41) is 0. The Morgan fingerprint density at radius 2 is 1.62 bits per heavy atom. The van der Waals surface area contributed by atoms with Gasteiger partial charge in [0.2, 0.25) is 5.88 Å². The fraction of sp³-hybridized carbons (Fsp3) is 0.217. The van der Waals surface area contributed by atoms with Crippen molar-refractivity contribution in [3.63, 3.8) is 0 Å². The normalized spacial score (nSPS) is 15.9. The Labute approximate surface area is 169 Å². The fourth-order valence-electron chi connectivity index (χ4n) is 3.33. The number of ether oxygens (including phenoxy) is 2. The Kier molecular flexibility index (Phi) is 5.33. The molecule has 6 nitrogen and oxygen atoms in total. The van der Waals surface area contributed by atoms with Crippen molar-refractivity contribution < 1.29 is 14.3 Å². The Bertz CT molecular complexity index is 990. The second kappa shape index (κ2) is 8.22. The molecular formula is C23H23N3O3. The predicted molar refractivity (Wildman–Crippen MR) is 112 cm³/mol. The summed E-state index contributed by atoms with van der Waals surface area (Å²) in [6.07, 6.45) is 1.12. The molecule has 29 heavy (non-hydrogen) atoms. The van der Waals surface area contributed by atoms with Crippen molar-refractivity contribution in [3.05, 3.63) is 72.3 Å². The van der Waals surface area contributed by atoms with Gasteiger partial charge in [0.05, 0.1) is 0 Å². The van der Waals surface area contributed by atoms with E-state index in [9.17, 15) is 4.79 Å². The third kappa shape index (κ3) is 4.48. The van der Waals surface area contributed by atoms with Crippen LogP contribution in [0.4, 0.5) is 5.82 Å². The van der Waals surface area contributed by atoms with Crippen LogP contribution in [0.3, 0.4) is 0 Å². The molecule has 0 radical (unpaired) electrons. The van der Waals surface area contributed by atoms with Gasteiger partial charge in [-0.05, 0) is 60.9 Å². The first-order valence-corrected chi connectivity index (χ1v) is 9.65. The van der Waals surface area contributed by atoms with Gasteiger partial charge in [-0.1, -0.05) is 25.1 Å². The third-order valence-electron chi connectivity index (χ3n) is 4.88. The van der Waals surface area contributed by atoms with Crippen LogP contribution in [-0.2, 0) is 0 Å². The van der Waals surface area contributed by atoms with Gasteiger partial charge >= 0.3 is 0 Å². The number of carbonyl (C=O) groups excluding carboxylic acids is 1. The Balaban J connectivity index is 1.53. The van der Waals surface area contributed by atoms with Crippen LogP contribution >= 0.6 is 0 Å². The molecule has 4 rings (SSSR count). The average molecular weight is 389 g/mol. The van der Waals surface area contributed by atoms with Crippen molar-refractivity contribution in [2.24, 2.45) is 11.7 Å². The Morgan fingerprint density at radius 3 is 2.24 bits per heavy atom. The highest BCUT2D eigenvalue weighted by atomic mass is 16.5. The molecule has 2 heterocycles. The van der Waals surface area contributed by atoms with Gasteiger partial charge in [0.25, 0.3) is 5.91 Å². The molecule has 1 fully saturated rings. The summed E-state index contributed by atoms with van der Waals surface area (Å²) in [7, 11) is 0. The van der Waals surface area contributed by atoms with Crippen molar-refractivity contribution in [1.29, 1.82) is 0 Å². The van der Waals surface area contributed by atoms with Gasteiger partial charge in [-0.25, -0.2) is 0 Å². The molecule has 2 aromatic carbocycles. The van der Waals surface area contributed by atoms with Gasteiger partial charge < -0.3 is 20.1 Å². The molecule has 1 aromatic heterocycles. The molecule has 0 spiro atoms. The van der Waals surface area contributed by atoms with Gasteiger partial charge in [0.15, 0.2) is 0 Å². The fourth-order valence-corrected chi connectivity index (χ4v) is 3.33. The van der Waals surface area contributed by atoms with Crippen molar-refractivity contribution in [1.82, 2.24) is 4.98 Å². The minimum atomic E-state index is -0.571. The number of hydrogen-bond acceptors (Lipinski definition) is 5. The molecular weight excluding hydrogens is 366 g/mol. The van der Waals surface area contributed by atoms with Crippen LogP contribution < -0.4 is 20.1 Å². The number of pyridine rings is 1. The summed E-state index contributed by atoms with van der Waals surface area (Å²) in [6, 6.07) is 20.2. The summed E-state index contributed by atoms with van der Waals surface area (Å²) in [5.41, 5.74) is 5.77. The van der Waals surface area contributed by atoms with Crippen LogP contribution in [0.5, 0.6) is 23.1 Å². The molecule has 1 saturated heterocycles. The zero-order valence-electron chi connectivity index (χ0n) is 16.2. The molecule has 1 aliphatic rings. The van der Waals surface area contributed by atoms with Gasteiger partial charge in [-0.15, -0.1) is 0 Å². The Morgan fingerprint density at radius 1 is 0.966 bits per heavy atom. The standard InChI is InChI=1S/C23H23N3O3/c1-16-13-14-26(15-16)21-12-11-20(22(24)27)23(25-21)29-19-9-7-18(8-10-19)28-17-5-3-2-4-6-17/h2-12,16H,13-15H2,1H3,(H2,24,27)/t16-/m0/s1. The highest BCUT2D eigenvalue weighted by Gasteiger charge is 2.22. The molecule has 148 valence electrons. The lowest BCUT2D eigenvalue weighted by Gasteiger charge is -2.18. The number of nitrogens with zero attached hydrogens (tertiary/aromatic N) is 2. The molecule has 1 aliphatic heterocycles. The average Bonchev–Trinajstić information content (AvgIpc) is 3.16. The van der Waals surface area contributed by atoms with Gasteiger partial charge in [-0.3, -0.25) is 4.79 Å². The SMILES string of the molecule is C[C@H]1CCN(c2ccc(C(N)=O)c(Oc3ccc(Oc4ccccc4)cc3)n2)C1. The van der Waals surface area contributed by atoms with Crippen molar-refractivity contribution >= 4 is 11.7 Å². The van der Waals surface area contributed by atoms with Crippen molar-refractivity contribution in [2.45, 2.75) is 13.3 Å². The van der Waals surface area contributed by atoms with Crippen LogP contribution in [0.15, 0.2) is 66.7 Å². The van der Waals surface area contributed by atoms with Crippen LogP contribution in [0.25, 0.3) is 0 Å². The van der Waals surface area contributed by atoms with E-state index in [-0.39, 0.29) is 11.4 Å². The topological polar surface area (TPSA) is 77.7 Å². The highest BCUT2D eigenvalue weighted by Crippen LogP contribution is 2.30. The minimum absolute atomic E-state index is 0.214. The first-order chi connectivity index (χ1) is 14.1. The quantitative estimate of drug-likeness (QED) is 0.666. The first-order valence-electron chi connectivity index (χ1n) is 9.65. The maximum absolute atomic E-state index is 11.8. The summed E-state index contributed by atoms with van der Waals surface area (Å²) >= 11 is 0. The van der Waals surface area contributed by atoms with E-state index in [2.05, 4.69) is 16.8 Å². The number of amides is 1. The molecule has 2 N–H and O–H groups in total. The van der Waals surface area contributed by atoms with Crippen LogP contribution in [0.2, 0.25) is 0 Å². The van der Waals surface area contributed by atoms with E-state index in [1.165, 1.54) is 0 Å². The predicted octanol–water partition coefficient (Wildman–Crippen LogP) is 4.61. The molecule has 1 amide bonds. The highest BCUT2D eigenvalue weighted by molar-refractivity contribution is 5.95. The smallest absolute Gasteiger partial charge is 0.254 e. The third-order valence-corrected chi connectivity index (χ3v) is 4.88. The molecule has 3 aromatic rings. The van der Waals surface area contributed by atoms with E-state index in [1.807, 2.05) is 36.4 Å². The number of aromatic nitrogens is 1. The molecule has 0 unspecified atom stereocenters. The minimum Gasteiger partial charge on any atom is -0.457 e. The maximum Gasteiger partial charge on any atom is 0.254 e. The van der Waals surface area contributed by atoms with Gasteiger partial charge in [-0.2, -0.15) is 4.98 Å². The van der Waals surface area contributed by atoms with E-state index >= 15 is 0 Å². The van der Waals surface area contributed by atoms with Gasteiger partial charge in [0, 0.05) is 13.1 Å². The summed E-state index contributed by atoms with van der Waals surface area (Å²) < 4.78 is 11.7. The van der Waals surface area contributed by atoms with Crippen LogP contribution in [-0.4, -0.2) is 24.0 Å². The number of anilines is 1. The van der Waals surface area contributed by atoms with E-state index in [0.29, 0.717) is 17.4 Å². The lowest BCUT2D eigenvalue weighted by atomic mass is 10.2. The summed E-state index contributed by atoms with van der Waals surface area (Å²) in [4.78, 5) is 18.6. The summed E-state index contributed by atoms with van der Waals surface area (Å²) in [6.45, 7) is 4.09. The second-order valence-corrected chi connectivity index (χ2v) is 7.21. The Hall–Kier alpha value is -3.54. The number of carbonyl (C=O) groups is 1. The number of rotatable bonds is 6. The summed E-state index contributed by atoms with van der Waals surface area (Å²) in [5.74, 6) is 3.04. The molecule has 0 bridgehead atoms. The zero-order valence-corrected chi connectivity index (χ0v) is 16.2. The lowest BCUT2D eigenvalue weighted by molar-refractivity contribution is 0.0997. The molecule has 1 atom stereocenters. The number of nitrogens with two attached hydrogens (primary N) is 1. The molecule has 0 saturated carbocycles. The van der Waals surface area contributed by atoms with Crippen LogP contribution in [0.1, 0.15) is 23.7 Å². The first kappa shape index (κ1) is 18.8. The molecule has 0 aliphatic carbocycles. The molecule has 6 heteroatoms. The van der Waals surface area contributed by atoms with Crippen LogP contribution in [0, 0.1) is 5.92 Å². The van der Waals surface area contributed by atoms with E-state index in [0.717, 1.165) is 31.1 Å². The monoisotopic (exact) mass is 389 g/mol. The lowest BCUT2D eigenvalue weighted by Crippen LogP contribution is -2.21. The zero-order chi connectivity index (χ0) is 20.2. The van der Waals surface area contributed by atoms with Gasteiger partial charge in [0.1, 0.15) is 28.6 Å². The van der Waals surface area contributed by atoms with E-state index < -0.39 is 5.91 Å². The number of para-hydroxylation sites is 1. The maximum atomic E-state index is 11.8. The van der Waals surface area contributed by atoms with E-state index in [1.54, 1.807) is 30.3 Å². The van der Waals surface area contributed by atoms with Crippen molar-refractivity contribution in [3.8, 4) is 23.1 Å². The number of primary amides is 1. The van der Waals surface area contributed by atoms with Crippen molar-refractivity contribution in [2.75, 3.05) is 18.0 Å². The second-order valence-electron chi connectivity index (χ2n) is 7.21. The number of benzene rings is 2. The van der Waals surface area contributed by atoms with E-state index in [4.69, 9.17) is 15.2 Å². The number of hydrogen-bond donors (Lipinski definition) is 1. The largest absolute Gasteiger partial charge is 0.457 e.